The van der Waals surface area contributed by atoms with Crippen molar-refractivity contribution in [2.75, 3.05) is 6.54 Å². The zero-order valence-corrected chi connectivity index (χ0v) is 5.58. The first-order chi connectivity index (χ1) is 4.83. The molecule has 0 aliphatic heterocycles. The monoisotopic (exact) mass is 142 g/mol. The first kappa shape index (κ1) is 11.4. The molecule has 5 heteroatoms. The number of nitrogens with zero attached hydrogens (tertiary/aromatic N) is 2. The Morgan fingerprint density at radius 1 is 1.80 bits per heavy atom. The van der Waals surface area contributed by atoms with Gasteiger partial charge in [0, 0.05) is 6.42 Å². The number of amides is 1. The lowest BCUT2D eigenvalue weighted by Crippen LogP contribution is -1.82. The molecular weight excluding hydrogens is 132 g/mol. The highest BCUT2D eigenvalue weighted by atomic mass is 16.1. The van der Waals surface area contributed by atoms with Gasteiger partial charge in [0.05, 0.1) is 12.6 Å². The lowest BCUT2D eigenvalue weighted by molar-refractivity contribution is -0.106. The molecule has 0 aromatic heterocycles. The van der Waals surface area contributed by atoms with Crippen LogP contribution in [0.4, 0.5) is 0 Å². The van der Waals surface area contributed by atoms with Crippen molar-refractivity contribution in [3.05, 3.63) is 0 Å². The summed E-state index contributed by atoms with van der Waals surface area (Å²) in [6.45, 7) is 0.494. The molecule has 0 saturated carbocycles. The maximum atomic E-state index is 8.58. The standard InChI is InChI=1S/C4H7N3.CH3NO/c5-3-1-2-4-7-6;2-1-3/h6H,1-2,4H2;1H,(H2,2,3). The minimum Gasteiger partial charge on any atom is -0.372 e. The molecule has 0 bridgehead atoms. The molecule has 0 aromatic rings. The molecule has 5 nitrogen and oxygen atoms in total. The van der Waals surface area contributed by atoms with Crippen molar-refractivity contribution in [1.82, 2.24) is 0 Å². The van der Waals surface area contributed by atoms with E-state index in [1.165, 1.54) is 0 Å². The molecule has 0 heterocycles. The van der Waals surface area contributed by atoms with Crippen LogP contribution in [-0.2, 0) is 4.79 Å². The Morgan fingerprint density at radius 2 is 2.30 bits per heavy atom. The molecular formula is C5H10N4O. The average Bonchev–Trinajstić information content (AvgIpc) is 1.91. The summed E-state index contributed by atoms with van der Waals surface area (Å²) in [5, 5.41) is 11.0. The van der Waals surface area contributed by atoms with Gasteiger partial charge in [-0.3, -0.25) is 4.79 Å². The van der Waals surface area contributed by atoms with Crippen molar-refractivity contribution in [3.8, 4) is 6.07 Å². The van der Waals surface area contributed by atoms with E-state index >= 15 is 0 Å². The Kier molecular flexibility index (Phi) is 17.8. The summed E-state index contributed by atoms with van der Waals surface area (Å²) >= 11 is 0. The second-order valence-corrected chi connectivity index (χ2v) is 1.28. The largest absolute Gasteiger partial charge is 0.372 e. The number of hydrogen-bond acceptors (Lipinski definition) is 4. The molecule has 10 heavy (non-hydrogen) atoms. The third-order valence-corrected chi connectivity index (χ3v) is 0.558. The molecule has 0 spiro atoms. The molecule has 0 fully saturated rings. The minimum atomic E-state index is 0.250. The van der Waals surface area contributed by atoms with E-state index in [2.05, 4.69) is 10.8 Å². The molecule has 0 rings (SSSR count). The maximum Gasteiger partial charge on any atom is 0.204 e. The van der Waals surface area contributed by atoms with Crippen molar-refractivity contribution in [2.24, 2.45) is 10.8 Å². The maximum absolute atomic E-state index is 8.58. The Labute approximate surface area is 59.3 Å². The fraction of sp³-hybridized carbons (Fsp3) is 0.600. The van der Waals surface area contributed by atoms with Crippen LogP contribution in [0.15, 0.2) is 5.11 Å². The summed E-state index contributed by atoms with van der Waals surface area (Å²) in [6, 6.07) is 1.96. The third kappa shape index (κ3) is 30.9. The van der Waals surface area contributed by atoms with Gasteiger partial charge in [0.1, 0.15) is 0 Å². The first-order valence-electron chi connectivity index (χ1n) is 2.69. The van der Waals surface area contributed by atoms with Gasteiger partial charge in [-0.05, 0) is 6.42 Å². The molecule has 0 atom stereocenters. The second kappa shape index (κ2) is 15.6. The van der Waals surface area contributed by atoms with E-state index in [4.69, 9.17) is 15.6 Å². The highest BCUT2D eigenvalue weighted by Crippen LogP contribution is 1.84. The van der Waals surface area contributed by atoms with Gasteiger partial charge < -0.3 is 5.73 Å². The minimum absolute atomic E-state index is 0.250. The Bertz CT molecular complexity index is 117. The van der Waals surface area contributed by atoms with Crippen LogP contribution in [0, 0.1) is 16.9 Å². The van der Waals surface area contributed by atoms with E-state index in [-0.39, 0.29) is 6.41 Å². The fourth-order valence-electron chi connectivity index (χ4n) is 0.237. The van der Waals surface area contributed by atoms with Gasteiger partial charge in [0.2, 0.25) is 6.41 Å². The van der Waals surface area contributed by atoms with Gasteiger partial charge in [0.25, 0.3) is 0 Å². The van der Waals surface area contributed by atoms with Gasteiger partial charge in [-0.15, -0.1) is 0 Å². The summed E-state index contributed by atoms with van der Waals surface area (Å²) in [5.41, 5.74) is 10.5. The van der Waals surface area contributed by atoms with E-state index < -0.39 is 0 Å². The zero-order valence-electron chi connectivity index (χ0n) is 5.58. The van der Waals surface area contributed by atoms with Gasteiger partial charge >= 0.3 is 0 Å². The van der Waals surface area contributed by atoms with E-state index in [0.29, 0.717) is 13.0 Å². The number of unbranched alkanes of at least 4 members (excludes halogenated alkanes) is 1. The molecule has 0 saturated heterocycles. The Hall–Kier alpha value is -1.44. The average molecular weight is 142 g/mol. The van der Waals surface area contributed by atoms with Gasteiger partial charge in [-0.1, -0.05) is 0 Å². The molecule has 0 aliphatic carbocycles. The van der Waals surface area contributed by atoms with Crippen LogP contribution in [-0.4, -0.2) is 13.0 Å². The third-order valence-electron chi connectivity index (χ3n) is 0.558. The van der Waals surface area contributed by atoms with Crippen LogP contribution in [0.2, 0.25) is 0 Å². The molecule has 0 aromatic carbocycles. The van der Waals surface area contributed by atoms with Crippen LogP contribution in [0.25, 0.3) is 0 Å². The predicted molar refractivity (Wildman–Crippen MR) is 35.1 cm³/mol. The molecule has 1 amide bonds. The normalized spacial score (nSPS) is 6.30. The number of carbonyl (C=O) groups is 1. The Balaban J connectivity index is 0. The summed E-state index contributed by atoms with van der Waals surface area (Å²) < 4.78 is 0. The van der Waals surface area contributed by atoms with Gasteiger partial charge in [0.15, 0.2) is 0 Å². The molecule has 0 radical (unpaired) electrons. The van der Waals surface area contributed by atoms with E-state index in [1.807, 2.05) is 6.07 Å². The van der Waals surface area contributed by atoms with E-state index in [1.54, 1.807) is 0 Å². The highest BCUT2D eigenvalue weighted by molar-refractivity contribution is 5.42. The fourth-order valence-corrected chi connectivity index (χ4v) is 0.237. The molecule has 0 aliphatic rings. The number of primary amides is 1. The number of nitrogens with two attached hydrogens (primary N) is 1. The van der Waals surface area contributed by atoms with Crippen LogP contribution in [0.1, 0.15) is 12.8 Å². The Morgan fingerprint density at radius 3 is 2.60 bits per heavy atom. The highest BCUT2D eigenvalue weighted by Gasteiger charge is 1.78. The van der Waals surface area contributed by atoms with Crippen molar-refractivity contribution in [2.45, 2.75) is 12.8 Å². The van der Waals surface area contributed by atoms with Crippen LogP contribution in [0.3, 0.4) is 0 Å². The number of nitrogens with one attached hydrogen (secondary N) is 1. The summed E-state index contributed by atoms with van der Waals surface area (Å²) in [7, 11) is 0. The summed E-state index contributed by atoms with van der Waals surface area (Å²) in [6.07, 6.45) is 1.49. The molecule has 0 unspecified atom stereocenters. The SMILES string of the molecule is N#CCCCN=N.NC=O. The van der Waals surface area contributed by atoms with Crippen LogP contribution < -0.4 is 5.73 Å². The van der Waals surface area contributed by atoms with E-state index in [9.17, 15) is 0 Å². The first-order valence-corrected chi connectivity index (χ1v) is 2.69. The van der Waals surface area contributed by atoms with Crippen molar-refractivity contribution in [1.29, 1.82) is 10.8 Å². The summed E-state index contributed by atoms with van der Waals surface area (Å²) in [5.74, 6) is 0. The number of hydrogen-bond donors (Lipinski definition) is 2. The van der Waals surface area contributed by atoms with Crippen molar-refractivity contribution < 1.29 is 4.79 Å². The van der Waals surface area contributed by atoms with Crippen molar-refractivity contribution >= 4 is 6.41 Å². The second-order valence-electron chi connectivity index (χ2n) is 1.28. The topological polar surface area (TPSA) is 103 Å². The number of nitriles is 1. The van der Waals surface area contributed by atoms with Gasteiger partial charge in [-0.25, -0.2) is 5.53 Å². The van der Waals surface area contributed by atoms with Gasteiger partial charge in [-0.2, -0.15) is 10.4 Å². The predicted octanol–water partition coefficient (Wildman–Crippen LogP) is 0.423. The number of rotatable bonds is 3. The zero-order chi connectivity index (χ0) is 8.24. The van der Waals surface area contributed by atoms with Crippen molar-refractivity contribution in [3.63, 3.8) is 0 Å². The summed E-state index contributed by atoms with van der Waals surface area (Å²) in [4.78, 5) is 8.58. The smallest absolute Gasteiger partial charge is 0.204 e. The van der Waals surface area contributed by atoms with E-state index in [0.717, 1.165) is 6.42 Å². The lowest BCUT2D eigenvalue weighted by atomic mass is 10.3. The lowest BCUT2D eigenvalue weighted by Gasteiger charge is -1.79. The van der Waals surface area contributed by atoms with Crippen LogP contribution >= 0.6 is 0 Å². The molecule has 3 N–H and O–H groups in total. The quantitative estimate of drug-likeness (QED) is 0.339. The van der Waals surface area contributed by atoms with Crippen LogP contribution in [0.5, 0.6) is 0 Å². The molecule has 56 valence electrons. The number of carbonyl (C=O) groups excluding carboxylic acids is 1.